The van der Waals surface area contributed by atoms with Crippen LogP contribution in [0.25, 0.3) is 0 Å². The van der Waals surface area contributed by atoms with Crippen molar-refractivity contribution >= 4 is 17.3 Å². The third kappa shape index (κ3) is 3.45. The number of aryl methyl sites for hydroxylation is 2. The lowest BCUT2D eigenvalue weighted by atomic mass is 10.3. The maximum Gasteiger partial charge on any atom is 0.347 e. The Bertz CT molecular complexity index is 633. The molecule has 0 aliphatic heterocycles. The number of rotatable bonds is 4. The molecule has 0 atom stereocenters. The number of nitrogen functional groups attached to an aromatic ring is 1. The van der Waals surface area contributed by atoms with Gasteiger partial charge in [-0.25, -0.2) is 9.78 Å². The SMILES string of the molecule is Nc1ccc(=O)n(CCCn2cc(Cl)cnc2=O)c1. The van der Waals surface area contributed by atoms with Crippen LogP contribution in [0.5, 0.6) is 0 Å². The first kappa shape index (κ1) is 13.4. The van der Waals surface area contributed by atoms with Gasteiger partial charge in [0.2, 0.25) is 0 Å². The van der Waals surface area contributed by atoms with Gasteiger partial charge in [-0.1, -0.05) is 11.6 Å². The Morgan fingerprint density at radius 3 is 2.68 bits per heavy atom. The predicted octanol–water partition coefficient (Wildman–Crippen LogP) is 0.731. The van der Waals surface area contributed by atoms with E-state index in [2.05, 4.69) is 4.98 Å². The quantitative estimate of drug-likeness (QED) is 0.895. The van der Waals surface area contributed by atoms with Crippen molar-refractivity contribution in [2.24, 2.45) is 0 Å². The van der Waals surface area contributed by atoms with Crippen molar-refractivity contribution in [3.05, 3.63) is 56.6 Å². The van der Waals surface area contributed by atoms with Gasteiger partial charge in [-0.3, -0.25) is 9.36 Å². The monoisotopic (exact) mass is 280 g/mol. The van der Waals surface area contributed by atoms with Crippen LogP contribution in [0.2, 0.25) is 5.02 Å². The Morgan fingerprint density at radius 2 is 1.89 bits per heavy atom. The van der Waals surface area contributed by atoms with Crippen LogP contribution in [0.1, 0.15) is 6.42 Å². The van der Waals surface area contributed by atoms with Gasteiger partial charge >= 0.3 is 5.69 Å². The Hall–Kier alpha value is -2.08. The minimum Gasteiger partial charge on any atom is -0.398 e. The standard InChI is InChI=1S/C12H13ClN4O2/c13-9-6-15-12(19)17(7-9)5-1-4-16-8-10(14)2-3-11(16)18/h2-3,6-8H,1,4-5,14H2. The third-order valence-electron chi connectivity index (χ3n) is 2.63. The molecule has 0 saturated heterocycles. The lowest BCUT2D eigenvalue weighted by Gasteiger charge is -2.07. The molecule has 2 aromatic rings. The lowest BCUT2D eigenvalue weighted by Crippen LogP contribution is -2.24. The minimum atomic E-state index is -0.357. The van der Waals surface area contributed by atoms with E-state index in [1.165, 1.54) is 27.6 Å². The third-order valence-corrected chi connectivity index (χ3v) is 2.82. The van der Waals surface area contributed by atoms with Crippen LogP contribution < -0.4 is 17.0 Å². The van der Waals surface area contributed by atoms with Gasteiger partial charge in [0.1, 0.15) is 0 Å². The fourth-order valence-electron chi connectivity index (χ4n) is 1.72. The second-order valence-corrected chi connectivity index (χ2v) is 4.53. The molecule has 2 heterocycles. The van der Waals surface area contributed by atoms with Crippen molar-refractivity contribution < 1.29 is 0 Å². The van der Waals surface area contributed by atoms with Crippen LogP contribution in [-0.2, 0) is 13.1 Å². The molecule has 7 heteroatoms. The number of hydrogen-bond donors (Lipinski definition) is 1. The first-order valence-corrected chi connectivity index (χ1v) is 6.12. The zero-order chi connectivity index (χ0) is 13.8. The number of nitrogens with two attached hydrogens (primary N) is 1. The van der Waals surface area contributed by atoms with E-state index in [0.717, 1.165) is 0 Å². The zero-order valence-corrected chi connectivity index (χ0v) is 10.9. The average Bonchev–Trinajstić information content (AvgIpc) is 2.38. The van der Waals surface area contributed by atoms with Crippen LogP contribution in [0, 0.1) is 0 Å². The van der Waals surface area contributed by atoms with E-state index in [1.807, 2.05) is 0 Å². The van der Waals surface area contributed by atoms with Crippen molar-refractivity contribution in [1.82, 2.24) is 14.1 Å². The Kier molecular flexibility index (Phi) is 4.01. The van der Waals surface area contributed by atoms with E-state index in [4.69, 9.17) is 17.3 Å². The van der Waals surface area contributed by atoms with E-state index in [1.54, 1.807) is 12.3 Å². The number of halogens is 1. The summed E-state index contributed by atoms with van der Waals surface area (Å²) in [6, 6.07) is 2.98. The van der Waals surface area contributed by atoms with E-state index in [9.17, 15) is 9.59 Å². The normalized spacial score (nSPS) is 10.6. The average molecular weight is 281 g/mol. The summed E-state index contributed by atoms with van der Waals surface area (Å²) in [5, 5.41) is 0.403. The molecule has 0 saturated carbocycles. The summed E-state index contributed by atoms with van der Waals surface area (Å²) in [6.45, 7) is 0.913. The van der Waals surface area contributed by atoms with E-state index >= 15 is 0 Å². The first-order chi connectivity index (χ1) is 9.06. The molecule has 0 radical (unpaired) electrons. The summed E-state index contributed by atoms with van der Waals surface area (Å²) in [6.07, 6.45) is 5.02. The molecule has 0 aromatic carbocycles. The van der Waals surface area contributed by atoms with Crippen molar-refractivity contribution in [2.75, 3.05) is 5.73 Å². The number of hydrogen-bond acceptors (Lipinski definition) is 4. The Morgan fingerprint density at radius 1 is 1.16 bits per heavy atom. The molecule has 0 aliphatic carbocycles. The summed E-state index contributed by atoms with van der Waals surface area (Å²) in [4.78, 5) is 26.6. The van der Waals surface area contributed by atoms with Crippen molar-refractivity contribution in [3.8, 4) is 0 Å². The smallest absolute Gasteiger partial charge is 0.347 e. The van der Waals surface area contributed by atoms with Crippen LogP contribution in [0.3, 0.4) is 0 Å². The van der Waals surface area contributed by atoms with Crippen molar-refractivity contribution in [2.45, 2.75) is 19.5 Å². The predicted molar refractivity (Wildman–Crippen MR) is 73.2 cm³/mol. The van der Waals surface area contributed by atoms with Gasteiger partial charge in [-0.05, 0) is 12.5 Å². The fraction of sp³-hybridized carbons (Fsp3) is 0.250. The van der Waals surface area contributed by atoms with Gasteiger partial charge in [0.05, 0.1) is 11.2 Å². The molecule has 19 heavy (non-hydrogen) atoms. The molecule has 0 fully saturated rings. The summed E-state index contributed by atoms with van der Waals surface area (Å²) < 4.78 is 2.93. The Balaban J connectivity index is 2.04. The van der Waals surface area contributed by atoms with Crippen LogP contribution in [-0.4, -0.2) is 14.1 Å². The second-order valence-electron chi connectivity index (χ2n) is 4.10. The molecule has 2 aromatic heterocycles. The highest BCUT2D eigenvalue weighted by Crippen LogP contribution is 2.02. The minimum absolute atomic E-state index is 0.120. The van der Waals surface area contributed by atoms with Crippen LogP contribution in [0.4, 0.5) is 5.69 Å². The maximum atomic E-state index is 11.5. The highest BCUT2D eigenvalue weighted by molar-refractivity contribution is 6.30. The summed E-state index contributed by atoms with van der Waals surface area (Å²) in [7, 11) is 0. The molecule has 0 aliphatic rings. The van der Waals surface area contributed by atoms with E-state index in [-0.39, 0.29) is 11.2 Å². The molecule has 0 bridgehead atoms. The summed E-state index contributed by atoms with van der Waals surface area (Å²) >= 11 is 5.76. The molecule has 100 valence electrons. The van der Waals surface area contributed by atoms with Gasteiger partial charge < -0.3 is 10.3 Å². The topological polar surface area (TPSA) is 82.9 Å². The van der Waals surface area contributed by atoms with Gasteiger partial charge in [0, 0.05) is 37.2 Å². The van der Waals surface area contributed by atoms with E-state index in [0.29, 0.717) is 30.2 Å². The number of pyridine rings is 1. The van der Waals surface area contributed by atoms with Crippen LogP contribution in [0.15, 0.2) is 40.3 Å². The molecule has 2 rings (SSSR count). The summed E-state index contributed by atoms with van der Waals surface area (Å²) in [5.74, 6) is 0. The molecular formula is C12H13ClN4O2. The summed E-state index contributed by atoms with van der Waals surface area (Å²) in [5.41, 5.74) is 5.66. The highest BCUT2D eigenvalue weighted by Gasteiger charge is 2.00. The van der Waals surface area contributed by atoms with Gasteiger partial charge in [-0.15, -0.1) is 0 Å². The fourth-order valence-corrected chi connectivity index (χ4v) is 1.89. The van der Waals surface area contributed by atoms with Gasteiger partial charge in [-0.2, -0.15) is 0 Å². The number of aromatic nitrogens is 3. The molecule has 0 unspecified atom stereocenters. The highest BCUT2D eigenvalue weighted by atomic mass is 35.5. The molecule has 0 amide bonds. The van der Waals surface area contributed by atoms with Gasteiger partial charge in [0.25, 0.3) is 5.56 Å². The number of nitrogens with zero attached hydrogens (tertiary/aromatic N) is 3. The maximum absolute atomic E-state index is 11.5. The van der Waals surface area contributed by atoms with E-state index < -0.39 is 0 Å². The van der Waals surface area contributed by atoms with Crippen molar-refractivity contribution in [1.29, 1.82) is 0 Å². The number of anilines is 1. The zero-order valence-electron chi connectivity index (χ0n) is 10.1. The molecule has 6 nitrogen and oxygen atoms in total. The largest absolute Gasteiger partial charge is 0.398 e. The van der Waals surface area contributed by atoms with Crippen molar-refractivity contribution in [3.63, 3.8) is 0 Å². The lowest BCUT2D eigenvalue weighted by molar-refractivity contribution is 0.537. The first-order valence-electron chi connectivity index (χ1n) is 5.74. The molecule has 0 spiro atoms. The Labute approximate surface area is 114 Å². The second kappa shape index (κ2) is 5.71. The van der Waals surface area contributed by atoms with Crippen LogP contribution >= 0.6 is 11.6 Å². The van der Waals surface area contributed by atoms with Gasteiger partial charge in [0.15, 0.2) is 0 Å². The molecular weight excluding hydrogens is 268 g/mol. The molecule has 2 N–H and O–H groups in total.